The Morgan fingerprint density at radius 1 is 1.20 bits per heavy atom. The SMILES string of the molecule is CNC(c1ccc(OC)cc1OC)c1sc(C)cc1Br. The largest absolute Gasteiger partial charge is 0.497 e. The van der Waals surface area contributed by atoms with E-state index >= 15 is 0 Å². The Kier molecular flexibility index (Phi) is 5.07. The summed E-state index contributed by atoms with van der Waals surface area (Å²) in [6, 6.07) is 8.13. The molecule has 0 saturated carbocycles. The van der Waals surface area contributed by atoms with E-state index < -0.39 is 0 Å². The van der Waals surface area contributed by atoms with Crippen molar-refractivity contribution in [3.63, 3.8) is 0 Å². The van der Waals surface area contributed by atoms with Gasteiger partial charge < -0.3 is 14.8 Å². The predicted molar refractivity (Wildman–Crippen MR) is 87.2 cm³/mol. The third kappa shape index (κ3) is 3.00. The van der Waals surface area contributed by atoms with Gasteiger partial charge in [-0.3, -0.25) is 0 Å². The molecule has 1 atom stereocenters. The van der Waals surface area contributed by atoms with E-state index in [1.807, 2.05) is 25.2 Å². The fourth-order valence-electron chi connectivity index (χ4n) is 2.18. The lowest BCUT2D eigenvalue weighted by Crippen LogP contribution is -2.17. The van der Waals surface area contributed by atoms with E-state index in [0.29, 0.717) is 0 Å². The Bertz CT molecular complexity index is 598. The van der Waals surface area contributed by atoms with Gasteiger partial charge in [-0.15, -0.1) is 11.3 Å². The second-order valence-electron chi connectivity index (χ2n) is 4.40. The van der Waals surface area contributed by atoms with Crippen LogP contribution in [0.5, 0.6) is 11.5 Å². The van der Waals surface area contributed by atoms with Gasteiger partial charge in [0, 0.05) is 25.9 Å². The molecule has 0 aliphatic heterocycles. The summed E-state index contributed by atoms with van der Waals surface area (Å²) in [6.07, 6.45) is 0. The molecule has 20 heavy (non-hydrogen) atoms. The Morgan fingerprint density at radius 3 is 2.45 bits per heavy atom. The van der Waals surface area contributed by atoms with Crippen LogP contribution in [0.25, 0.3) is 0 Å². The molecule has 2 rings (SSSR count). The minimum absolute atomic E-state index is 0.0870. The summed E-state index contributed by atoms with van der Waals surface area (Å²) in [5.41, 5.74) is 1.10. The van der Waals surface area contributed by atoms with Crippen molar-refractivity contribution in [2.24, 2.45) is 0 Å². The van der Waals surface area contributed by atoms with Crippen LogP contribution in [-0.2, 0) is 0 Å². The summed E-state index contributed by atoms with van der Waals surface area (Å²) in [6.45, 7) is 2.11. The highest BCUT2D eigenvalue weighted by molar-refractivity contribution is 9.10. The van der Waals surface area contributed by atoms with Crippen LogP contribution in [0.3, 0.4) is 0 Å². The molecule has 1 heterocycles. The van der Waals surface area contributed by atoms with Crippen molar-refractivity contribution in [3.05, 3.63) is 44.1 Å². The molecule has 2 aromatic rings. The van der Waals surface area contributed by atoms with E-state index in [4.69, 9.17) is 9.47 Å². The molecule has 0 amide bonds. The Hall–Kier alpha value is -1.04. The summed E-state index contributed by atoms with van der Waals surface area (Å²) >= 11 is 5.41. The van der Waals surface area contributed by atoms with Crippen molar-refractivity contribution in [1.82, 2.24) is 5.32 Å². The first-order chi connectivity index (χ1) is 9.60. The van der Waals surface area contributed by atoms with Crippen LogP contribution in [0, 0.1) is 6.92 Å². The van der Waals surface area contributed by atoms with E-state index in [1.54, 1.807) is 25.6 Å². The molecule has 1 unspecified atom stereocenters. The minimum Gasteiger partial charge on any atom is -0.497 e. The lowest BCUT2D eigenvalue weighted by molar-refractivity contribution is 0.388. The molecule has 0 aliphatic carbocycles. The van der Waals surface area contributed by atoms with Crippen LogP contribution in [0.4, 0.5) is 0 Å². The van der Waals surface area contributed by atoms with Crippen molar-refractivity contribution in [1.29, 1.82) is 0 Å². The van der Waals surface area contributed by atoms with Crippen molar-refractivity contribution in [2.45, 2.75) is 13.0 Å². The predicted octanol–water partition coefficient (Wildman–Crippen LogP) is 4.15. The summed E-state index contributed by atoms with van der Waals surface area (Å²) in [4.78, 5) is 2.52. The van der Waals surface area contributed by atoms with E-state index in [9.17, 15) is 0 Å². The number of rotatable bonds is 5. The molecular formula is C15H18BrNO2S. The Labute approximate surface area is 132 Å². The summed E-state index contributed by atoms with van der Waals surface area (Å²) in [5, 5.41) is 3.36. The molecule has 1 aromatic heterocycles. The minimum atomic E-state index is 0.0870. The number of nitrogens with one attached hydrogen (secondary N) is 1. The van der Waals surface area contributed by atoms with Crippen molar-refractivity contribution in [3.8, 4) is 11.5 Å². The number of hydrogen-bond acceptors (Lipinski definition) is 4. The first-order valence-electron chi connectivity index (χ1n) is 6.25. The number of ether oxygens (including phenoxy) is 2. The zero-order valence-electron chi connectivity index (χ0n) is 12.0. The van der Waals surface area contributed by atoms with Crippen LogP contribution in [0.15, 0.2) is 28.7 Å². The molecule has 0 aliphatic rings. The molecule has 0 bridgehead atoms. The molecule has 3 nitrogen and oxygen atoms in total. The summed E-state index contributed by atoms with van der Waals surface area (Å²) in [7, 11) is 5.29. The highest BCUT2D eigenvalue weighted by atomic mass is 79.9. The smallest absolute Gasteiger partial charge is 0.127 e. The monoisotopic (exact) mass is 355 g/mol. The van der Waals surface area contributed by atoms with Crippen molar-refractivity contribution >= 4 is 27.3 Å². The molecule has 0 fully saturated rings. The first-order valence-corrected chi connectivity index (χ1v) is 7.86. The molecule has 0 saturated heterocycles. The van der Waals surface area contributed by atoms with Gasteiger partial charge in [-0.2, -0.15) is 0 Å². The second-order valence-corrected chi connectivity index (χ2v) is 6.54. The van der Waals surface area contributed by atoms with Crippen molar-refractivity contribution < 1.29 is 9.47 Å². The van der Waals surface area contributed by atoms with E-state index in [-0.39, 0.29) is 6.04 Å². The number of hydrogen-bond donors (Lipinski definition) is 1. The van der Waals surface area contributed by atoms with Gasteiger partial charge in [-0.25, -0.2) is 0 Å². The fraction of sp³-hybridized carbons (Fsp3) is 0.333. The molecule has 5 heteroatoms. The molecule has 0 radical (unpaired) electrons. The summed E-state index contributed by atoms with van der Waals surface area (Å²) < 4.78 is 11.9. The van der Waals surface area contributed by atoms with Crippen LogP contribution >= 0.6 is 27.3 Å². The number of benzene rings is 1. The molecule has 0 spiro atoms. The topological polar surface area (TPSA) is 30.5 Å². The standard InChI is InChI=1S/C15H18BrNO2S/c1-9-7-12(16)15(20-9)14(17-2)11-6-5-10(18-3)8-13(11)19-4/h5-8,14,17H,1-4H3. The van der Waals surface area contributed by atoms with Gasteiger partial charge >= 0.3 is 0 Å². The Morgan fingerprint density at radius 2 is 1.95 bits per heavy atom. The van der Waals surface area contributed by atoms with Crippen LogP contribution < -0.4 is 14.8 Å². The fourth-order valence-corrected chi connectivity index (χ4v) is 4.19. The third-order valence-corrected chi connectivity index (χ3v) is 5.17. The molecular weight excluding hydrogens is 338 g/mol. The van der Waals surface area contributed by atoms with Gasteiger partial charge in [-0.1, -0.05) is 0 Å². The van der Waals surface area contributed by atoms with Crippen LogP contribution in [0.2, 0.25) is 0 Å². The van der Waals surface area contributed by atoms with E-state index in [2.05, 4.69) is 34.2 Å². The maximum absolute atomic E-state index is 5.51. The molecule has 1 aromatic carbocycles. The number of halogens is 1. The lowest BCUT2D eigenvalue weighted by Gasteiger charge is -2.19. The van der Waals surface area contributed by atoms with Crippen LogP contribution in [-0.4, -0.2) is 21.3 Å². The van der Waals surface area contributed by atoms with E-state index in [1.165, 1.54) is 9.75 Å². The lowest BCUT2D eigenvalue weighted by atomic mass is 10.0. The highest BCUT2D eigenvalue weighted by Crippen LogP contribution is 2.39. The molecule has 1 N–H and O–H groups in total. The maximum atomic E-state index is 5.51. The number of aryl methyl sites for hydroxylation is 1. The normalized spacial score (nSPS) is 12.2. The average molecular weight is 356 g/mol. The number of thiophene rings is 1. The highest BCUT2D eigenvalue weighted by Gasteiger charge is 2.21. The zero-order chi connectivity index (χ0) is 14.7. The third-order valence-electron chi connectivity index (χ3n) is 3.14. The summed E-state index contributed by atoms with van der Waals surface area (Å²) in [5.74, 6) is 1.61. The van der Waals surface area contributed by atoms with Gasteiger partial charge in [0.05, 0.1) is 20.3 Å². The quantitative estimate of drug-likeness (QED) is 0.873. The van der Waals surface area contributed by atoms with Crippen molar-refractivity contribution in [2.75, 3.05) is 21.3 Å². The van der Waals surface area contributed by atoms with Gasteiger partial charge in [0.25, 0.3) is 0 Å². The van der Waals surface area contributed by atoms with Gasteiger partial charge in [0.1, 0.15) is 11.5 Å². The van der Waals surface area contributed by atoms with Gasteiger partial charge in [0.2, 0.25) is 0 Å². The second kappa shape index (κ2) is 6.61. The van der Waals surface area contributed by atoms with Gasteiger partial charge in [-0.05, 0) is 48.1 Å². The van der Waals surface area contributed by atoms with Crippen LogP contribution in [0.1, 0.15) is 21.4 Å². The van der Waals surface area contributed by atoms with E-state index in [0.717, 1.165) is 21.5 Å². The zero-order valence-corrected chi connectivity index (χ0v) is 14.4. The Balaban J connectivity index is 2.49. The molecule has 108 valence electrons. The first kappa shape index (κ1) is 15.4. The number of methoxy groups -OCH3 is 2. The average Bonchev–Trinajstić information content (AvgIpc) is 2.79. The van der Waals surface area contributed by atoms with Gasteiger partial charge in [0.15, 0.2) is 0 Å². The maximum Gasteiger partial charge on any atom is 0.127 e.